The Labute approximate surface area is 122 Å². The second kappa shape index (κ2) is 6.04. The lowest BCUT2D eigenvalue weighted by molar-refractivity contribution is 0.550. The first-order valence-corrected chi connectivity index (χ1v) is 7.69. The molecule has 0 heterocycles. The number of nitriles is 1. The molecule has 6 heteroatoms. The number of hydrogen-bond acceptors (Lipinski definition) is 3. The Morgan fingerprint density at radius 1 is 1.14 bits per heavy atom. The molecular formula is C15H13FN2O2S. The first-order valence-electron chi connectivity index (χ1n) is 6.21. The van der Waals surface area contributed by atoms with Gasteiger partial charge in [0.15, 0.2) is 0 Å². The Hall–Kier alpha value is -2.23. The number of nitrogens with zero attached hydrogens (tertiary/aromatic N) is 1. The van der Waals surface area contributed by atoms with E-state index in [0.29, 0.717) is 5.56 Å². The van der Waals surface area contributed by atoms with Crippen LogP contribution >= 0.6 is 0 Å². The molecule has 1 unspecified atom stereocenters. The normalized spacial score (nSPS) is 12.6. The summed E-state index contributed by atoms with van der Waals surface area (Å²) < 4.78 is 40.5. The third-order valence-corrected chi connectivity index (χ3v) is 4.55. The van der Waals surface area contributed by atoms with Gasteiger partial charge >= 0.3 is 0 Å². The lowest BCUT2D eigenvalue weighted by atomic mass is 10.1. The molecule has 0 saturated heterocycles. The molecule has 2 aromatic carbocycles. The molecule has 0 aliphatic rings. The zero-order valence-corrected chi connectivity index (χ0v) is 12.1. The molecule has 21 heavy (non-hydrogen) atoms. The van der Waals surface area contributed by atoms with Gasteiger partial charge in [-0.3, -0.25) is 0 Å². The van der Waals surface area contributed by atoms with Crippen molar-refractivity contribution >= 4 is 10.0 Å². The van der Waals surface area contributed by atoms with Crippen molar-refractivity contribution in [1.29, 1.82) is 5.26 Å². The predicted octanol–water partition coefficient (Wildman–Crippen LogP) is 2.74. The second-order valence-corrected chi connectivity index (χ2v) is 6.21. The molecule has 0 saturated carbocycles. The summed E-state index contributed by atoms with van der Waals surface area (Å²) in [4.78, 5) is 0.0321. The van der Waals surface area contributed by atoms with Gasteiger partial charge in [0.25, 0.3) is 0 Å². The second-order valence-electron chi connectivity index (χ2n) is 4.50. The molecule has 108 valence electrons. The highest BCUT2D eigenvalue weighted by Crippen LogP contribution is 2.19. The molecule has 0 fully saturated rings. The molecule has 0 spiro atoms. The summed E-state index contributed by atoms with van der Waals surface area (Å²) in [6, 6.07) is 12.7. The minimum Gasteiger partial charge on any atom is -0.207 e. The van der Waals surface area contributed by atoms with Crippen molar-refractivity contribution in [1.82, 2.24) is 4.72 Å². The molecule has 4 nitrogen and oxygen atoms in total. The van der Waals surface area contributed by atoms with Crippen LogP contribution in [0.2, 0.25) is 0 Å². The van der Waals surface area contributed by atoms with E-state index in [1.54, 1.807) is 19.1 Å². The average molecular weight is 304 g/mol. The number of sulfonamides is 1. The van der Waals surface area contributed by atoms with Crippen molar-refractivity contribution in [2.24, 2.45) is 0 Å². The monoisotopic (exact) mass is 304 g/mol. The molecule has 0 bridgehead atoms. The van der Waals surface area contributed by atoms with Crippen molar-refractivity contribution in [3.8, 4) is 6.07 Å². The van der Waals surface area contributed by atoms with Crippen LogP contribution in [0.15, 0.2) is 53.4 Å². The summed E-state index contributed by atoms with van der Waals surface area (Å²) in [6.45, 7) is 1.57. The number of hydrogen-bond donors (Lipinski definition) is 1. The third kappa shape index (κ3) is 3.45. The minimum absolute atomic E-state index is 0.0321. The molecule has 0 amide bonds. The molecule has 0 radical (unpaired) electrons. The van der Waals surface area contributed by atoms with E-state index in [1.165, 1.54) is 36.4 Å². The van der Waals surface area contributed by atoms with E-state index in [1.807, 2.05) is 6.07 Å². The first kappa shape index (κ1) is 15.2. The van der Waals surface area contributed by atoms with Gasteiger partial charge < -0.3 is 0 Å². The van der Waals surface area contributed by atoms with Gasteiger partial charge in [-0.25, -0.2) is 17.5 Å². The Bertz CT molecular complexity index is 780. The van der Waals surface area contributed by atoms with Gasteiger partial charge in [0, 0.05) is 11.6 Å². The van der Waals surface area contributed by atoms with E-state index < -0.39 is 21.9 Å². The molecule has 2 aromatic rings. The van der Waals surface area contributed by atoms with Crippen LogP contribution < -0.4 is 4.72 Å². The zero-order valence-electron chi connectivity index (χ0n) is 11.2. The van der Waals surface area contributed by atoms with E-state index >= 15 is 0 Å². The SMILES string of the molecule is CC(NS(=O)(=O)c1ccc(C#N)cc1)c1ccccc1F. The molecule has 0 aliphatic carbocycles. The number of nitrogens with one attached hydrogen (secondary N) is 1. The van der Waals surface area contributed by atoms with Gasteiger partial charge in [0.2, 0.25) is 10.0 Å². The maximum absolute atomic E-state index is 13.6. The lowest BCUT2D eigenvalue weighted by Crippen LogP contribution is -2.27. The van der Waals surface area contributed by atoms with Crippen LogP contribution in [-0.2, 0) is 10.0 Å². The Kier molecular flexibility index (Phi) is 4.36. The maximum atomic E-state index is 13.6. The van der Waals surface area contributed by atoms with Crippen molar-refractivity contribution in [3.63, 3.8) is 0 Å². The quantitative estimate of drug-likeness (QED) is 0.944. The standard InChI is InChI=1S/C15H13FN2O2S/c1-11(14-4-2-3-5-15(14)16)18-21(19,20)13-8-6-12(10-17)7-9-13/h2-9,11,18H,1H3. The topological polar surface area (TPSA) is 70.0 Å². The Morgan fingerprint density at radius 2 is 1.76 bits per heavy atom. The molecule has 0 aliphatic heterocycles. The highest BCUT2D eigenvalue weighted by atomic mass is 32.2. The Balaban J connectivity index is 2.25. The highest BCUT2D eigenvalue weighted by Gasteiger charge is 2.20. The van der Waals surface area contributed by atoms with Gasteiger partial charge in [-0.15, -0.1) is 0 Å². The van der Waals surface area contributed by atoms with Gasteiger partial charge in [-0.2, -0.15) is 5.26 Å². The van der Waals surface area contributed by atoms with Gasteiger partial charge in [-0.1, -0.05) is 18.2 Å². The predicted molar refractivity (Wildman–Crippen MR) is 76.3 cm³/mol. The summed E-state index contributed by atoms with van der Waals surface area (Å²) in [5.74, 6) is -0.465. The maximum Gasteiger partial charge on any atom is 0.241 e. The molecular weight excluding hydrogens is 291 g/mol. The van der Waals surface area contributed by atoms with Gasteiger partial charge in [0.05, 0.1) is 16.5 Å². The van der Waals surface area contributed by atoms with Crippen LogP contribution in [0.25, 0.3) is 0 Å². The Morgan fingerprint density at radius 3 is 2.33 bits per heavy atom. The summed E-state index contributed by atoms with van der Waals surface area (Å²) in [5, 5.41) is 8.70. The van der Waals surface area contributed by atoms with E-state index in [9.17, 15) is 12.8 Å². The van der Waals surface area contributed by atoms with Crippen LogP contribution in [0.4, 0.5) is 4.39 Å². The van der Waals surface area contributed by atoms with Crippen molar-refractivity contribution in [2.75, 3.05) is 0 Å². The summed E-state index contributed by atoms with van der Waals surface area (Å²) >= 11 is 0. The zero-order chi connectivity index (χ0) is 15.5. The van der Waals surface area contributed by atoms with Crippen molar-refractivity contribution < 1.29 is 12.8 Å². The minimum atomic E-state index is -3.78. The molecule has 1 atom stereocenters. The van der Waals surface area contributed by atoms with Gasteiger partial charge in [0.1, 0.15) is 5.82 Å². The van der Waals surface area contributed by atoms with Crippen LogP contribution in [0.5, 0.6) is 0 Å². The van der Waals surface area contributed by atoms with Crippen LogP contribution in [-0.4, -0.2) is 8.42 Å². The van der Waals surface area contributed by atoms with E-state index in [0.717, 1.165) is 0 Å². The van der Waals surface area contributed by atoms with Crippen molar-refractivity contribution in [3.05, 3.63) is 65.5 Å². The number of halogens is 1. The van der Waals surface area contributed by atoms with Gasteiger partial charge in [-0.05, 0) is 37.3 Å². The van der Waals surface area contributed by atoms with Crippen LogP contribution in [0, 0.1) is 17.1 Å². The fourth-order valence-corrected chi connectivity index (χ4v) is 3.12. The van der Waals surface area contributed by atoms with E-state index in [4.69, 9.17) is 5.26 Å². The lowest BCUT2D eigenvalue weighted by Gasteiger charge is -2.15. The molecule has 1 N–H and O–H groups in total. The van der Waals surface area contributed by atoms with Crippen molar-refractivity contribution in [2.45, 2.75) is 17.9 Å². The van der Waals surface area contributed by atoms with Crippen LogP contribution in [0.1, 0.15) is 24.1 Å². The number of benzene rings is 2. The number of rotatable bonds is 4. The molecule has 2 rings (SSSR count). The summed E-state index contributed by atoms with van der Waals surface area (Å²) in [5.41, 5.74) is 0.644. The summed E-state index contributed by atoms with van der Waals surface area (Å²) in [6.07, 6.45) is 0. The van der Waals surface area contributed by atoms with E-state index in [-0.39, 0.29) is 10.5 Å². The molecule has 0 aromatic heterocycles. The van der Waals surface area contributed by atoms with E-state index in [2.05, 4.69) is 4.72 Å². The fourth-order valence-electron chi connectivity index (χ4n) is 1.90. The van der Waals surface area contributed by atoms with Crippen LogP contribution in [0.3, 0.4) is 0 Å². The largest absolute Gasteiger partial charge is 0.241 e. The smallest absolute Gasteiger partial charge is 0.207 e. The highest BCUT2D eigenvalue weighted by molar-refractivity contribution is 7.89. The summed E-state index contributed by atoms with van der Waals surface area (Å²) in [7, 11) is -3.78. The third-order valence-electron chi connectivity index (χ3n) is 3.00. The average Bonchev–Trinajstić information content (AvgIpc) is 2.47. The first-order chi connectivity index (χ1) is 9.94. The fraction of sp³-hybridized carbons (Fsp3) is 0.133.